The second-order valence-electron chi connectivity index (χ2n) is 7.65. The molecule has 6 nitrogen and oxygen atoms in total. The van der Waals surface area contributed by atoms with E-state index < -0.39 is 0 Å². The van der Waals surface area contributed by atoms with Gasteiger partial charge >= 0.3 is 0 Å². The second kappa shape index (κ2) is 7.88. The van der Waals surface area contributed by atoms with E-state index in [0.717, 1.165) is 17.8 Å². The number of pyridine rings is 1. The zero-order valence-electron chi connectivity index (χ0n) is 16.6. The third kappa shape index (κ3) is 4.71. The van der Waals surface area contributed by atoms with E-state index >= 15 is 0 Å². The molecule has 0 fully saturated rings. The van der Waals surface area contributed by atoms with Gasteiger partial charge in [0.2, 0.25) is 11.7 Å². The normalized spacial score (nSPS) is 13.0. The molecule has 0 saturated carbocycles. The van der Waals surface area contributed by atoms with Crippen molar-refractivity contribution in [3.8, 4) is 11.5 Å². The van der Waals surface area contributed by atoms with Crippen LogP contribution in [0.5, 0.6) is 0 Å². The van der Waals surface area contributed by atoms with Gasteiger partial charge in [0.15, 0.2) is 0 Å². The summed E-state index contributed by atoms with van der Waals surface area (Å²) in [5, 5.41) is 7.55. The van der Waals surface area contributed by atoms with E-state index in [9.17, 15) is 0 Å². The molecule has 142 valence electrons. The molecule has 2 aromatic heterocycles. The molecule has 1 atom stereocenters. The highest BCUT2D eigenvalue weighted by Gasteiger charge is 2.25. The first-order valence-corrected chi connectivity index (χ1v) is 9.21. The van der Waals surface area contributed by atoms with Gasteiger partial charge in [0.25, 0.3) is 0 Å². The Morgan fingerprint density at radius 1 is 1.11 bits per heavy atom. The van der Waals surface area contributed by atoms with Crippen LogP contribution in [0.2, 0.25) is 0 Å². The Hall–Kier alpha value is -2.73. The van der Waals surface area contributed by atoms with Gasteiger partial charge in [-0.25, -0.2) is 0 Å². The summed E-state index contributed by atoms with van der Waals surface area (Å²) >= 11 is 0. The van der Waals surface area contributed by atoms with E-state index in [1.165, 1.54) is 0 Å². The van der Waals surface area contributed by atoms with Crippen molar-refractivity contribution in [2.45, 2.75) is 39.3 Å². The number of benzene rings is 1. The summed E-state index contributed by atoms with van der Waals surface area (Å²) in [4.78, 5) is 11.3. The van der Waals surface area contributed by atoms with E-state index in [2.05, 4.69) is 65.2 Å². The molecule has 1 N–H and O–H groups in total. The number of rotatable bonds is 6. The van der Waals surface area contributed by atoms with Gasteiger partial charge in [-0.15, -0.1) is 0 Å². The highest BCUT2D eigenvalue weighted by Crippen LogP contribution is 2.28. The summed E-state index contributed by atoms with van der Waals surface area (Å²) in [5.41, 5.74) is 2.75. The molecular weight excluding hydrogens is 338 g/mol. The summed E-state index contributed by atoms with van der Waals surface area (Å²) in [6, 6.07) is 14.0. The van der Waals surface area contributed by atoms with Crippen molar-refractivity contribution in [3.63, 3.8) is 0 Å². The van der Waals surface area contributed by atoms with Crippen molar-refractivity contribution in [2.24, 2.45) is 0 Å². The number of hydrogen-bond donors (Lipinski definition) is 1. The molecule has 1 unspecified atom stereocenters. The zero-order chi connectivity index (χ0) is 19.4. The van der Waals surface area contributed by atoms with Crippen molar-refractivity contribution in [3.05, 3.63) is 60.1 Å². The van der Waals surface area contributed by atoms with Crippen LogP contribution in [0.1, 0.15) is 45.2 Å². The Bertz CT molecular complexity index is 852. The van der Waals surface area contributed by atoms with E-state index in [0.29, 0.717) is 17.4 Å². The monoisotopic (exact) mass is 365 g/mol. The predicted molar refractivity (Wildman–Crippen MR) is 107 cm³/mol. The maximum absolute atomic E-state index is 5.61. The molecule has 6 heteroatoms. The molecule has 0 amide bonds. The summed E-state index contributed by atoms with van der Waals surface area (Å²) in [6.07, 6.45) is 1.80. The van der Waals surface area contributed by atoms with Crippen LogP contribution in [0, 0.1) is 0 Å². The standard InChI is InChI=1S/C21H27N5O/c1-6-26(5)18(15-10-8-7-9-11-15)20-23-19(25-27-20)17-13-12-16(14-22-17)24-21(2,3)4/h7-14,18,24H,6H2,1-5H3. The maximum atomic E-state index is 5.61. The molecule has 0 radical (unpaired) electrons. The van der Waals surface area contributed by atoms with E-state index in [-0.39, 0.29) is 11.6 Å². The molecule has 0 aliphatic carbocycles. The van der Waals surface area contributed by atoms with Crippen LogP contribution in [0.3, 0.4) is 0 Å². The topological polar surface area (TPSA) is 67.1 Å². The highest BCUT2D eigenvalue weighted by atomic mass is 16.5. The Balaban J connectivity index is 1.86. The molecular formula is C21H27N5O. The molecule has 2 heterocycles. The Kier molecular flexibility index (Phi) is 5.56. The van der Waals surface area contributed by atoms with Crippen LogP contribution in [-0.4, -0.2) is 39.2 Å². The number of nitrogens with one attached hydrogen (secondary N) is 1. The number of hydrogen-bond acceptors (Lipinski definition) is 6. The second-order valence-corrected chi connectivity index (χ2v) is 7.65. The quantitative estimate of drug-likeness (QED) is 0.699. The van der Waals surface area contributed by atoms with Gasteiger partial charge in [-0.3, -0.25) is 9.88 Å². The third-order valence-corrected chi connectivity index (χ3v) is 4.24. The third-order valence-electron chi connectivity index (χ3n) is 4.24. The number of aromatic nitrogens is 3. The lowest BCUT2D eigenvalue weighted by Crippen LogP contribution is -2.26. The summed E-state index contributed by atoms with van der Waals surface area (Å²) in [7, 11) is 2.05. The van der Waals surface area contributed by atoms with Crippen molar-refractivity contribution in [1.82, 2.24) is 20.0 Å². The first-order valence-electron chi connectivity index (χ1n) is 9.21. The fraction of sp³-hybridized carbons (Fsp3) is 0.381. The molecule has 1 aromatic carbocycles. The van der Waals surface area contributed by atoms with Crippen LogP contribution in [0.15, 0.2) is 53.2 Å². The lowest BCUT2D eigenvalue weighted by Gasteiger charge is -2.23. The molecule has 0 bridgehead atoms. The lowest BCUT2D eigenvalue weighted by molar-refractivity contribution is 0.234. The zero-order valence-corrected chi connectivity index (χ0v) is 16.6. The summed E-state index contributed by atoms with van der Waals surface area (Å²) in [5.74, 6) is 1.07. The van der Waals surface area contributed by atoms with Gasteiger partial charge in [0.1, 0.15) is 11.7 Å². The fourth-order valence-corrected chi connectivity index (χ4v) is 2.89. The highest BCUT2D eigenvalue weighted by molar-refractivity contribution is 5.53. The van der Waals surface area contributed by atoms with Crippen molar-refractivity contribution in [2.75, 3.05) is 18.9 Å². The van der Waals surface area contributed by atoms with Gasteiger partial charge in [0, 0.05) is 5.54 Å². The SMILES string of the molecule is CCN(C)C(c1ccccc1)c1nc(-c2ccc(NC(C)(C)C)cn2)no1. The molecule has 0 aliphatic heterocycles. The smallest absolute Gasteiger partial charge is 0.248 e. The van der Waals surface area contributed by atoms with Gasteiger partial charge in [-0.05, 0) is 52.1 Å². The molecule has 3 aromatic rings. The van der Waals surface area contributed by atoms with Gasteiger partial charge in [0.05, 0.1) is 11.9 Å². The van der Waals surface area contributed by atoms with Crippen molar-refractivity contribution >= 4 is 5.69 Å². The number of anilines is 1. The molecule has 0 saturated heterocycles. The molecule has 0 aliphatic rings. The van der Waals surface area contributed by atoms with Crippen molar-refractivity contribution in [1.29, 1.82) is 0 Å². The summed E-state index contributed by atoms with van der Waals surface area (Å²) in [6.45, 7) is 9.30. The molecule has 3 rings (SSSR count). The average Bonchev–Trinajstić information content (AvgIpc) is 3.11. The molecule has 0 spiro atoms. The van der Waals surface area contributed by atoms with Gasteiger partial charge in [-0.1, -0.05) is 42.4 Å². The number of nitrogens with zero attached hydrogens (tertiary/aromatic N) is 4. The fourth-order valence-electron chi connectivity index (χ4n) is 2.89. The average molecular weight is 365 g/mol. The van der Waals surface area contributed by atoms with Crippen LogP contribution in [0.25, 0.3) is 11.5 Å². The van der Waals surface area contributed by atoms with Crippen LogP contribution in [0.4, 0.5) is 5.69 Å². The van der Waals surface area contributed by atoms with E-state index in [1.807, 2.05) is 37.4 Å². The van der Waals surface area contributed by atoms with E-state index in [1.54, 1.807) is 6.20 Å². The lowest BCUT2D eigenvalue weighted by atomic mass is 10.1. The maximum Gasteiger partial charge on any atom is 0.248 e. The minimum atomic E-state index is -0.0840. The minimum absolute atomic E-state index is 0.0177. The Morgan fingerprint density at radius 2 is 1.85 bits per heavy atom. The van der Waals surface area contributed by atoms with Crippen molar-refractivity contribution < 1.29 is 4.52 Å². The first kappa shape index (κ1) is 19.0. The first-order chi connectivity index (χ1) is 12.9. The Morgan fingerprint density at radius 3 is 2.44 bits per heavy atom. The van der Waals surface area contributed by atoms with Gasteiger partial charge in [-0.2, -0.15) is 4.98 Å². The van der Waals surface area contributed by atoms with Crippen LogP contribution >= 0.6 is 0 Å². The van der Waals surface area contributed by atoms with Crippen LogP contribution in [-0.2, 0) is 0 Å². The van der Waals surface area contributed by atoms with Gasteiger partial charge < -0.3 is 9.84 Å². The molecule has 27 heavy (non-hydrogen) atoms. The Labute approximate surface area is 160 Å². The summed E-state index contributed by atoms with van der Waals surface area (Å²) < 4.78 is 5.61. The largest absolute Gasteiger partial charge is 0.379 e. The van der Waals surface area contributed by atoms with Crippen LogP contribution < -0.4 is 5.32 Å². The van der Waals surface area contributed by atoms with E-state index in [4.69, 9.17) is 4.52 Å². The minimum Gasteiger partial charge on any atom is -0.379 e. The predicted octanol–water partition coefficient (Wildman–Crippen LogP) is 4.38.